The second-order valence-corrected chi connectivity index (χ2v) is 6.46. The summed E-state index contributed by atoms with van der Waals surface area (Å²) in [6, 6.07) is 7.15. The summed E-state index contributed by atoms with van der Waals surface area (Å²) in [4.78, 5) is 23.3. The van der Waals surface area contributed by atoms with Crippen molar-refractivity contribution in [3.63, 3.8) is 0 Å². The first kappa shape index (κ1) is 18.0. The first-order valence-electron chi connectivity index (χ1n) is 6.95. The number of hydrogen-bond donors (Lipinski definition) is 2. The number of carbonyl (C=O) groups is 2. The van der Waals surface area contributed by atoms with Crippen LogP contribution in [0.25, 0.3) is 0 Å². The van der Waals surface area contributed by atoms with E-state index in [4.69, 9.17) is 9.47 Å². The van der Waals surface area contributed by atoms with Gasteiger partial charge in [0, 0.05) is 0 Å². The summed E-state index contributed by atoms with van der Waals surface area (Å²) >= 11 is 2.39. The molecule has 0 saturated heterocycles. The van der Waals surface area contributed by atoms with Gasteiger partial charge in [0.05, 0.1) is 25.2 Å². The van der Waals surface area contributed by atoms with Crippen molar-refractivity contribution in [3.05, 3.63) is 24.3 Å². The lowest BCUT2D eigenvalue weighted by Gasteiger charge is -2.08. The van der Waals surface area contributed by atoms with Crippen molar-refractivity contribution in [3.8, 4) is 5.75 Å². The maximum atomic E-state index is 12.0. The van der Waals surface area contributed by atoms with E-state index in [9.17, 15) is 9.59 Å². The molecular weight excluding hydrogens is 352 g/mol. The van der Waals surface area contributed by atoms with Gasteiger partial charge in [-0.2, -0.15) is 0 Å². The first-order valence-corrected chi connectivity index (χ1v) is 8.75. The van der Waals surface area contributed by atoms with E-state index in [1.165, 1.54) is 23.1 Å². The molecule has 128 valence electrons. The van der Waals surface area contributed by atoms with Crippen LogP contribution in [-0.4, -0.2) is 41.7 Å². The summed E-state index contributed by atoms with van der Waals surface area (Å²) in [5, 5.41) is 13.3. The van der Waals surface area contributed by atoms with Crippen LogP contribution in [0.2, 0.25) is 0 Å². The Morgan fingerprint density at radius 3 is 2.79 bits per heavy atom. The van der Waals surface area contributed by atoms with Crippen LogP contribution >= 0.6 is 23.1 Å². The number of thioether (sulfide) groups is 1. The monoisotopic (exact) mass is 368 g/mol. The van der Waals surface area contributed by atoms with E-state index in [0.717, 1.165) is 0 Å². The SMILES string of the molecule is CCOC(=O)Nc1nnc(SCC(=O)Nc2ccccc2OC)s1. The molecule has 1 heterocycles. The summed E-state index contributed by atoms with van der Waals surface area (Å²) in [6.45, 7) is 1.98. The van der Waals surface area contributed by atoms with Gasteiger partial charge in [0.1, 0.15) is 5.75 Å². The number of nitrogens with one attached hydrogen (secondary N) is 2. The van der Waals surface area contributed by atoms with Gasteiger partial charge in [-0.1, -0.05) is 35.2 Å². The largest absolute Gasteiger partial charge is 0.495 e. The Labute approximate surface area is 146 Å². The van der Waals surface area contributed by atoms with E-state index in [2.05, 4.69) is 20.8 Å². The second kappa shape index (κ2) is 9.08. The van der Waals surface area contributed by atoms with Gasteiger partial charge < -0.3 is 14.8 Å². The number of anilines is 2. The molecule has 0 radical (unpaired) electrons. The Morgan fingerprint density at radius 2 is 2.04 bits per heavy atom. The van der Waals surface area contributed by atoms with E-state index >= 15 is 0 Å². The average Bonchev–Trinajstić information content (AvgIpc) is 3.01. The zero-order chi connectivity index (χ0) is 17.4. The summed E-state index contributed by atoms with van der Waals surface area (Å²) < 4.78 is 10.5. The van der Waals surface area contributed by atoms with E-state index in [1.54, 1.807) is 26.2 Å². The van der Waals surface area contributed by atoms with Crippen molar-refractivity contribution in [2.24, 2.45) is 0 Å². The third-order valence-corrected chi connectivity index (χ3v) is 4.57. The van der Waals surface area contributed by atoms with Crippen molar-refractivity contribution < 1.29 is 19.1 Å². The predicted octanol–water partition coefficient (Wildman–Crippen LogP) is 2.85. The number of carbonyl (C=O) groups excluding carboxylic acids is 2. The maximum Gasteiger partial charge on any atom is 0.413 e. The maximum absolute atomic E-state index is 12.0. The Balaban J connectivity index is 1.84. The van der Waals surface area contributed by atoms with Crippen LogP contribution in [0.15, 0.2) is 28.6 Å². The van der Waals surface area contributed by atoms with Gasteiger partial charge in [-0.25, -0.2) is 4.79 Å². The number of amides is 2. The van der Waals surface area contributed by atoms with Crippen molar-refractivity contribution in [2.75, 3.05) is 30.1 Å². The van der Waals surface area contributed by atoms with E-state index < -0.39 is 6.09 Å². The highest BCUT2D eigenvalue weighted by Gasteiger charge is 2.12. The molecule has 0 aliphatic heterocycles. The molecule has 0 aliphatic carbocycles. The van der Waals surface area contributed by atoms with Crippen LogP contribution in [0, 0.1) is 0 Å². The van der Waals surface area contributed by atoms with Crippen LogP contribution in [0.3, 0.4) is 0 Å². The van der Waals surface area contributed by atoms with Crippen LogP contribution in [-0.2, 0) is 9.53 Å². The number of ether oxygens (including phenoxy) is 2. The van der Waals surface area contributed by atoms with Crippen LogP contribution in [0.4, 0.5) is 15.6 Å². The van der Waals surface area contributed by atoms with Gasteiger partial charge in [-0.15, -0.1) is 10.2 Å². The van der Waals surface area contributed by atoms with Crippen molar-refractivity contribution >= 4 is 45.9 Å². The average molecular weight is 368 g/mol. The van der Waals surface area contributed by atoms with Gasteiger partial charge >= 0.3 is 6.09 Å². The molecule has 24 heavy (non-hydrogen) atoms. The summed E-state index contributed by atoms with van der Waals surface area (Å²) in [6.07, 6.45) is -0.584. The number of hydrogen-bond acceptors (Lipinski definition) is 8. The lowest BCUT2D eigenvalue weighted by molar-refractivity contribution is -0.113. The fourth-order valence-electron chi connectivity index (χ4n) is 1.63. The first-order chi connectivity index (χ1) is 11.6. The van der Waals surface area contributed by atoms with Gasteiger partial charge in [-0.3, -0.25) is 10.1 Å². The topological polar surface area (TPSA) is 102 Å². The molecule has 0 spiro atoms. The Bertz CT molecular complexity index is 708. The number of aromatic nitrogens is 2. The standard InChI is InChI=1S/C14H16N4O4S2/c1-3-22-13(20)16-12-17-18-14(24-12)23-8-11(19)15-9-6-4-5-7-10(9)21-2/h4-7H,3,8H2,1-2H3,(H,15,19)(H,16,17,20). The molecule has 0 unspecified atom stereocenters. The third kappa shape index (κ3) is 5.39. The van der Waals surface area contributed by atoms with Crippen LogP contribution in [0.1, 0.15) is 6.92 Å². The van der Waals surface area contributed by atoms with Gasteiger partial charge in [0.15, 0.2) is 4.34 Å². The van der Waals surface area contributed by atoms with Crippen molar-refractivity contribution in [1.29, 1.82) is 0 Å². The summed E-state index contributed by atoms with van der Waals surface area (Å²) in [5.41, 5.74) is 0.604. The smallest absolute Gasteiger partial charge is 0.413 e. The zero-order valence-electron chi connectivity index (χ0n) is 13.1. The minimum Gasteiger partial charge on any atom is -0.495 e. The fraction of sp³-hybridized carbons (Fsp3) is 0.286. The van der Waals surface area contributed by atoms with Crippen molar-refractivity contribution in [2.45, 2.75) is 11.3 Å². The molecular formula is C14H16N4O4S2. The highest BCUT2D eigenvalue weighted by Crippen LogP contribution is 2.27. The number of rotatable bonds is 7. The predicted molar refractivity (Wildman–Crippen MR) is 92.9 cm³/mol. The fourth-order valence-corrected chi connectivity index (χ4v) is 3.17. The molecule has 0 fully saturated rings. The van der Waals surface area contributed by atoms with E-state index in [0.29, 0.717) is 20.9 Å². The molecule has 8 nitrogen and oxygen atoms in total. The van der Waals surface area contributed by atoms with Crippen LogP contribution in [0.5, 0.6) is 5.75 Å². The summed E-state index contributed by atoms with van der Waals surface area (Å²) in [5.74, 6) is 0.554. The Morgan fingerprint density at radius 1 is 1.25 bits per heavy atom. The lowest BCUT2D eigenvalue weighted by atomic mass is 10.3. The molecule has 2 rings (SSSR count). The highest BCUT2D eigenvalue weighted by molar-refractivity contribution is 8.01. The molecule has 2 aromatic rings. The quantitative estimate of drug-likeness (QED) is 0.572. The number of para-hydroxylation sites is 2. The van der Waals surface area contributed by atoms with Crippen molar-refractivity contribution in [1.82, 2.24) is 10.2 Å². The third-order valence-electron chi connectivity index (χ3n) is 2.60. The van der Waals surface area contributed by atoms with Gasteiger partial charge in [0.25, 0.3) is 0 Å². The minimum absolute atomic E-state index is 0.159. The molecule has 1 aromatic heterocycles. The molecule has 0 saturated carbocycles. The molecule has 2 amide bonds. The minimum atomic E-state index is -0.584. The second-order valence-electron chi connectivity index (χ2n) is 4.26. The van der Waals surface area contributed by atoms with Gasteiger partial charge in [0.2, 0.25) is 11.0 Å². The van der Waals surface area contributed by atoms with Crippen LogP contribution < -0.4 is 15.4 Å². The zero-order valence-corrected chi connectivity index (χ0v) is 14.7. The molecule has 0 aliphatic rings. The lowest BCUT2D eigenvalue weighted by Crippen LogP contribution is -2.14. The molecule has 1 aromatic carbocycles. The molecule has 10 heteroatoms. The number of nitrogens with zero attached hydrogens (tertiary/aromatic N) is 2. The summed E-state index contributed by atoms with van der Waals surface area (Å²) in [7, 11) is 1.54. The normalized spacial score (nSPS) is 10.1. The van der Waals surface area contributed by atoms with Gasteiger partial charge in [-0.05, 0) is 19.1 Å². The molecule has 2 N–H and O–H groups in total. The van der Waals surface area contributed by atoms with E-state index in [-0.39, 0.29) is 18.3 Å². The number of methoxy groups -OCH3 is 1. The Kier molecular flexibility index (Phi) is 6.82. The Hall–Kier alpha value is -2.33. The highest BCUT2D eigenvalue weighted by atomic mass is 32.2. The van der Waals surface area contributed by atoms with E-state index in [1.807, 2.05) is 12.1 Å². The molecule has 0 atom stereocenters. The molecule has 0 bridgehead atoms. The number of benzene rings is 1.